The number of benzene rings is 2. The molecular weight excluding hydrogens is 296 g/mol. The van der Waals surface area contributed by atoms with E-state index in [0.717, 1.165) is 17.7 Å². The minimum atomic E-state index is 0.410. The van der Waals surface area contributed by atoms with Gasteiger partial charge in [-0.25, -0.2) is 0 Å². The van der Waals surface area contributed by atoms with Crippen LogP contribution in [0.4, 0.5) is 0 Å². The Morgan fingerprint density at radius 1 is 1.11 bits per heavy atom. The zero-order chi connectivity index (χ0) is 13.0. The van der Waals surface area contributed by atoms with Crippen molar-refractivity contribution < 1.29 is 0 Å². The van der Waals surface area contributed by atoms with Crippen LogP contribution in [-0.2, 0) is 11.8 Å². The molecule has 0 aromatic heterocycles. The molecule has 0 nitrogen and oxygen atoms in total. The lowest BCUT2D eigenvalue weighted by atomic mass is 9.92. The van der Waals surface area contributed by atoms with Crippen LogP contribution in [0, 0.1) is 5.92 Å². The molecule has 2 aromatic carbocycles. The molecule has 2 unspecified atom stereocenters. The van der Waals surface area contributed by atoms with Gasteiger partial charge in [-0.3, -0.25) is 0 Å². The van der Waals surface area contributed by atoms with Crippen LogP contribution in [0.3, 0.4) is 0 Å². The summed E-state index contributed by atoms with van der Waals surface area (Å²) in [5.74, 6) is 0.814. The first-order valence-electron chi connectivity index (χ1n) is 7.00. The Labute approximate surface area is 123 Å². The topological polar surface area (TPSA) is 0 Å². The monoisotopic (exact) mass is 312 g/mol. The Morgan fingerprint density at radius 3 is 2.68 bits per heavy atom. The van der Waals surface area contributed by atoms with E-state index >= 15 is 0 Å². The molecule has 4 rings (SSSR count). The number of halogens is 1. The molecular formula is C18H17Br. The van der Waals surface area contributed by atoms with E-state index in [4.69, 9.17) is 0 Å². The van der Waals surface area contributed by atoms with Gasteiger partial charge in [0.1, 0.15) is 0 Å². The molecule has 2 aliphatic rings. The maximum Gasteiger partial charge on any atom is 0.00684 e. The van der Waals surface area contributed by atoms with E-state index in [0.29, 0.717) is 5.41 Å². The standard InChI is InChI=1S/C18H17Br/c1-18(10-15(18)11-19)14-6-7-17-13(9-14)8-12-4-2-3-5-16(12)17/h2-7,9,15H,8,10-11H2,1H3. The van der Waals surface area contributed by atoms with Crippen LogP contribution < -0.4 is 0 Å². The summed E-state index contributed by atoms with van der Waals surface area (Å²) in [5.41, 5.74) is 7.81. The highest BCUT2D eigenvalue weighted by Crippen LogP contribution is 2.55. The smallest absolute Gasteiger partial charge is 0.00684 e. The summed E-state index contributed by atoms with van der Waals surface area (Å²) in [6.07, 6.45) is 2.43. The van der Waals surface area contributed by atoms with Crippen LogP contribution in [0.25, 0.3) is 11.1 Å². The maximum atomic E-state index is 3.63. The van der Waals surface area contributed by atoms with Crippen molar-refractivity contribution in [2.24, 2.45) is 5.92 Å². The highest BCUT2D eigenvalue weighted by atomic mass is 79.9. The van der Waals surface area contributed by atoms with E-state index in [1.807, 2.05) is 0 Å². The fraction of sp³-hybridized carbons (Fsp3) is 0.333. The maximum absolute atomic E-state index is 3.63. The normalized spacial score (nSPS) is 26.9. The minimum absolute atomic E-state index is 0.410. The van der Waals surface area contributed by atoms with Crippen LogP contribution in [0.1, 0.15) is 30.0 Å². The van der Waals surface area contributed by atoms with Gasteiger partial charge in [0.05, 0.1) is 0 Å². The molecule has 0 saturated heterocycles. The van der Waals surface area contributed by atoms with Gasteiger partial charge < -0.3 is 0 Å². The zero-order valence-corrected chi connectivity index (χ0v) is 12.7. The van der Waals surface area contributed by atoms with E-state index in [9.17, 15) is 0 Å². The van der Waals surface area contributed by atoms with Crippen LogP contribution in [0.15, 0.2) is 42.5 Å². The summed E-state index contributed by atoms with van der Waals surface area (Å²) in [6, 6.07) is 15.9. The second-order valence-electron chi connectivity index (χ2n) is 6.18. The molecule has 0 N–H and O–H groups in total. The molecule has 1 fully saturated rings. The van der Waals surface area contributed by atoms with E-state index in [2.05, 4.69) is 65.3 Å². The molecule has 0 heterocycles. The summed E-state index contributed by atoms with van der Waals surface area (Å²) < 4.78 is 0. The van der Waals surface area contributed by atoms with Crippen molar-refractivity contribution in [1.82, 2.24) is 0 Å². The summed E-state index contributed by atoms with van der Waals surface area (Å²) in [5, 5.41) is 1.13. The highest BCUT2D eigenvalue weighted by Gasteiger charge is 2.50. The number of rotatable bonds is 2. The first kappa shape index (κ1) is 11.7. The van der Waals surface area contributed by atoms with E-state index in [1.165, 1.54) is 34.2 Å². The molecule has 96 valence electrons. The molecule has 0 aliphatic heterocycles. The predicted molar refractivity (Wildman–Crippen MR) is 83.9 cm³/mol. The van der Waals surface area contributed by atoms with Gasteiger partial charge in [0.15, 0.2) is 0 Å². The van der Waals surface area contributed by atoms with Gasteiger partial charge in [0.25, 0.3) is 0 Å². The minimum Gasteiger partial charge on any atom is -0.0925 e. The van der Waals surface area contributed by atoms with Gasteiger partial charge in [0, 0.05) is 5.33 Å². The first-order valence-corrected chi connectivity index (χ1v) is 8.12. The number of hydrogen-bond donors (Lipinski definition) is 0. The van der Waals surface area contributed by atoms with Crippen molar-refractivity contribution >= 4 is 15.9 Å². The van der Waals surface area contributed by atoms with Crippen molar-refractivity contribution in [1.29, 1.82) is 0 Å². The lowest BCUT2D eigenvalue weighted by Gasteiger charge is -2.13. The van der Waals surface area contributed by atoms with Gasteiger partial charge in [-0.2, -0.15) is 0 Å². The zero-order valence-electron chi connectivity index (χ0n) is 11.1. The lowest BCUT2D eigenvalue weighted by Crippen LogP contribution is -2.05. The van der Waals surface area contributed by atoms with Crippen molar-refractivity contribution in [2.45, 2.75) is 25.2 Å². The van der Waals surface area contributed by atoms with Crippen molar-refractivity contribution in [3.63, 3.8) is 0 Å². The van der Waals surface area contributed by atoms with Gasteiger partial charge in [-0.1, -0.05) is 65.3 Å². The summed E-state index contributed by atoms with van der Waals surface area (Å²) >= 11 is 3.63. The molecule has 1 heteroatoms. The second kappa shape index (κ2) is 3.96. The van der Waals surface area contributed by atoms with Crippen molar-refractivity contribution in [2.75, 3.05) is 5.33 Å². The molecule has 2 aromatic rings. The molecule has 2 aliphatic carbocycles. The highest BCUT2D eigenvalue weighted by molar-refractivity contribution is 9.09. The van der Waals surface area contributed by atoms with Crippen LogP contribution in [-0.4, -0.2) is 5.33 Å². The number of hydrogen-bond acceptors (Lipinski definition) is 0. The summed E-state index contributed by atoms with van der Waals surface area (Å²) in [7, 11) is 0. The molecule has 0 bridgehead atoms. The third-order valence-electron chi connectivity index (χ3n) is 5.05. The largest absolute Gasteiger partial charge is 0.0925 e. The fourth-order valence-corrected chi connectivity index (χ4v) is 4.48. The number of fused-ring (bicyclic) bond motifs is 3. The van der Waals surface area contributed by atoms with E-state index in [-0.39, 0.29) is 0 Å². The van der Waals surface area contributed by atoms with Gasteiger partial charge in [-0.05, 0) is 52.0 Å². The van der Waals surface area contributed by atoms with Gasteiger partial charge >= 0.3 is 0 Å². The van der Waals surface area contributed by atoms with Crippen molar-refractivity contribution in [3.05, 3.63) is 59.2 Å². The van der Waals surface area contributed by atoms with Crippen LogP contribution >= 0.6 is 15.9 Å². The Balaban J connectivity index is 1.77. The third kappa shape index (κ3) is 1.64. The third-order valence-corrected chi connectivity index (χ3v) is 5.83. The van der Waals surface area contributed by atoms with Gasteiger partial charge in [-0.15, -0.1) is 0 Å². The second-order valence-corrected chi connectivity index (χ2v) is 6.83. The fourth-order valence-electron chi connectivity index (χ4n) is 3.53. The van der Waals surface area contributed by atoms with Crippen LogP contribution in [0.2, 0.25) is 0 Å². The molecule has 1 saturated carbocycles. The summed E-state index contributed by atoms with van der Waals surface area (Å²) in [4.78, 5) is 0. The molecule has 0 amide bonds. The molecule has 0 radical (unpaired) electrons. The Kier molecular flexibility index (Phi) is 2.44. The predicted octanol–water partition coefficient (Wildman–Crippen LogP) is 4.93. The Bertz CT molecular complexity index is 658. The molecule has 2 atom stereocenters. The summed E-state index contributed by atoms with van der Waals surface area (Å²) in [6.45, 7) is 2.41. The van der Waals surface area contributed by atoms with E-state index < -0.39 is 0 Å². The Hall–Kier alpha value is -1.08. The SMILES string of the molecule is CC1(c2ccc3c(c2)Cc2ccccc2-3)CC1CBr. The van der Waals surface area contributed by atoms with E-state index in [1.54, 1.807) is 0 Å². The van der Waals surface area contributed by atoms with Crippen LogP contribution in [0.5, 0.6) is 0 Å². The lowest BCUT2D eigenvalue weighted by molar-refractivity contribution is 0.709. The van der Waals surface area contributed by atoms with Gasteiger partial charge in [0.2, 0.25) is 0 Å². The molecule has 19 heavy (non-hydrogen) atoms. The quantitative estimate of drug-likeness (QED) is 0.588. The number of alkyl halides is 1. The Morgan fingerprint density at radius 2 is 1.89 bits per heavy atom. The average Bonchev–Trinajstić information content (AvgIpc) is 2.98. The van der Waals surface area contributed by atoms with Crippen molar-refractivity contribution in [3.8, 4) is 11.1 Å². The molecule has 0 spiro atoms. The average molecular weight is 313 g/mol. The first-order chi connectivity index (χ1) is 9.22.